The summed E-state index contributed by atoms with van der Waals surface area (Å²) in [4.78, 5) is 38.1. The third-order valence-electron chi connectivity index (χ3n) is 4.11. The molecular weight excluding hydrogens is 318 g/mol. The number of carbonyl (C=O) groups excluding carboxylic acids is 3. The average Bonchev–Trinajstić information content (AvgIpc) is 2.51. The Morgan fingerprint density at radius 3 is 2.16 bits per heavy atom. The maximum Gasteiger partial charge on any atom is 0.246 e. The zero-order valence-electron chi connectivity index (χ0n) is 15.7. The summed E-state index contributed by atoms with van der Waals surface area (Å²) in [6.07, 6.45) is 0.485. The highest BCUT2D eigenvalue weighted by molar-refractivity contribution is 5.93. The van der Waals surface area contributed by atoms with Crippen LogP contribution in [0.15, 0.2) is 30.3 Å². The number of hydrogen-bond donors (Lipinski definition) is 2. The van der Waals surface area contributed by atoms with Gasteiger partial charge in [0, 0.05) is 13.5 Å². The summed E-state index contributed by atoms with van der Waals surface area (Å²) in [7, 11) is 0. The van der Waals surface area contributed by atoms with E-state index < -0.39 is 17.5 Å². The third-order valence-corrected chi connectivity index (χ3v) is 4.11. The van der Waals surface area contributed by atoms with Gasteiger partial charge in [-0.1, -0.05) is 44.2 Å². The Bertz CT molecular complexity index is 612. The van der Waals surface area contributed by atoms with E-state index in [2.05, 4.69) is 5.32 Å². The fourth-order valence-electron chi connectivity index (χ4n) is 2.58. The molecule has 0 aliphatic rings. The van der Waals surface area contributed by atoms with Gasteiger partial charge in [-0.25, -0.2) is 0 Å². The molecule has 3 amide bonds. The van der Waals surface area contributed by atoms with Crippen molar-refractivity contribution in [3.05, 3.63) is 35.9 Å². The SMILES string of the molecule is CC(=O)NC(CC(C)C)C(=O)N(Cc1ccccc1)C(C)(C)C(N)=O. The Morgan fingerprint density at radius 2 is 1.72 bits per heavy atom. The van der Waals surface area contributed by atoms with Crippen molar-refractivity contribution in [3.63, 3.8) is 0 Å². The lowest BCUT2D eigenvalue weighted by Gasteiger charge is -2.38. The molecule has 1 rings (SSSR count). The molecule has 6 heteroatoms. The molecule has 1 unspecified atom stereocenters. The van der Waals surface area contributed by atoms with Crippen molar-refractivity contribution in [1.29, 1.82) is 0 Å². The van der Waals surface area contributed by atoms with E-state index in [9.17, 15) is 14.4 Å². The second kappa shape index (κ2) is 8.65. The van der Waals surface area contributed by atoms with Crippen LogP contribution in [0.4, 0.5) is 0 Å². The molecule has 0 heterocycles. The van der Waals surface area contributed by atoms with Gasteiger partial charge in [-0.3, -0.25) is 14.4 Å². The van der Waals surface area contributed by atoms with Crippen LogP contribution in [0.25, 0.3) is 0 Å². The van der Waals surface area contributed by atoms with Crippen LogP contribution in [-0.2, 0) is 20.9 Å². The van der Waals surface area contributed by atoms with Gasteiger partial charge in [0.1, 0.15) is 11.6 Å². The van der Waals surface area contributed by atoms with Crippen LogP contribution >= 0.6 is 0 Å². The number of nitrogens with zero attached hydrogens (tertiary/aromatic N) is 1. The molecule has 0 saturated heterocycles. The summed E-state index contributed by atoms with van der Waals surface area (Å²) in [5, 5.41) is 2.71. The monoisotopic (exact) mass is 347 g/mol. The lowest BCUT2D eigenvalue weighted by Crippen LogP contribution is -2.60. The second-order valence-corrected chi connectivity index (χ2v) is 7.22. The van der Waals surface area contributed by atoms with E-state index in [0.29, 0.717) is 6.42 Å². The van der Waals surface area contributed by atoms with Crippen LogP contribution in [0.5, 0.6) is 0 Å². The van der Waals surface area contributed by atoms with Crippen molar-refractivity contribution in [1.82, 2.24) is 10.2 Å². The first kappa shape index (κ1) is 20.7. The molecule has 138 valence electrons. The number of nitrogens with two attached hydrogens (primary N) is 1. The fourth-order valence-corrected chi connectivity index (χ4v) is 2.58. The van der Waals surface area contributed by atoms with E-state index in [0.717, 1.165) is 5.56 Å². The van der Waals surface area contributed by atoms with Gasteiger partial charge in [-0.05, 0) is 31.7 Å². The molecule has 3 N–H and O–H groups in total. The minimum Gasteiger partial charge on any atom is -0.368 e. The van der Waals surface area contributed by atoms with E-state index >= 15 is 0 Å². The van der Waals surface area contributed by atoms with Crippen molar-refractivity contribution in [2.24, 2.45) is 11.7 Å². The van der Waals surface area contributed by atoms with Crippen LogP contribution in [0.1, 0.15) is 46.6 Å². The van der Waals surface area contributed by atoms with Gasteiger partial charge < -0.3 is 16.0 Å². The second-order valence-electron chi connectivity index (χ2n) is 7.22. The van der Waals surface area contributed by atoms with Crippen LogP contribution < -0.4 is 11.1 Å². The maximum absolute atomic E-state index is 13.2. The van der Waals surface area contributed by atoms with Crippen molar-refractivity contribution in [2.45, 2.75) is 59.2 Å². The molecule has 0 fully saturated rings. The quantitative estimate of drug-likeness (QED) is 0.751. The third kappa shape index (κ3) is 5.89. The number of hydrogen-bond acceptors (Lipinski definition) is 3. The number of nitrogens with one attached hydrogen (secondary N) is 1. The molecule has 0 aliphatic heterocycles. The molecule has 0 radical (unpaired) electrons. The summed E-state index contributed by atoms with van der Waals surface area (Å²) in [5.41, 5.74) is 5.25. The lowest BCUT2D eigenvalue weighted by molar-refractivity contribution is -0.148. The van der Waals surface area contributed by atoms with E-state index in [4.69, 9.17) is 5.73 Å². The normalized spacial score (nSPS) is 12.6. The summed E-state index contributed by atoms with van der Waals surface area (Å²) in [6.45, 7) is 8.81. The van der Waals surface area contributed by atoms with Gasteiger partial charge in [-0.15, -0.1) is 0 Å². The highest BCUT2D eigenvalue weighted by Gasteiger charge is 2.39. The van der Waals surface area contributed by atoms with Gasteiger partial charge in [0.05, 0.1) is 0 Å². The largest absolute Gasteiger partial charge is 0.368 e. The molecule has 25 heavy (non-hydrogen) atoms. The Labute approximate surface area is 149 Å². The van der Waals surface area contributed by atoms with Gasteiger partial charge in [0.15, 0.2) is 0 Å². The van der Waals surface area contributed by atoms with Crippen LogP contribution in [-0.4, -0.2) is 34.2 Å². The number of rotatable bonds is 8. The van der Waals surface area contributed by atoms with Crippen LogP contribution in [0, 0.1) is 5.92 Å². The topological polar surface area (TPSA) is 92.5 Å². The van der Waals surface area contributed by atoms with Crippen LogP contribution in [0.2, 0.25) is 0 Å². The number of amides is 3. The molecule has 0 aliphatic carbocycles. The first-order chi connectivity index (χ1) is 11.6. The minimum absolute atomic E-state index is 0.205. The Morgan fingerprint density at radius 1 is 1.16 bits per heavy atom. The smallest absolute Gasteiger partial charge is 0.246 e. The van der Waals surface area contributed by atoms with Gasteiger partial charge >= 0.3 is 0 Å². The molecule has 0 spiro atoms. The Kier molecular flexibility index (Phi) is 7.15. The molecular formula is C19H29N3O3. The summed E-state index contributed by atoms with van der Waals surface area (Å²) in [5.74, 6) is -0.980. The summed E-state index contributed by atoms with van der Waals surface area (Å²) >= 11 is 0. The molecule has 1 atom stereocenters. The Balaban J connectivity index is 3.21. The molecule has 0 bridgehead atoms. The number of primary amides is 1. The van der Waals surface area contributed by atoms with E-state index in [1.54, 1.807) is 13.8 Å². The highest BCUT2D eigenvalue weighted by atomic mass is 16.2. The van der Waals surface area contributed by atoms with E-state index in [1.165, 1.54) is 11.8 Å². The molecule has 0 aromatic heterocycles. The zero-order chi connectivity index (χ0) is 19.2. The first-order valence-electron chi connectivity index (χ1n) is 8.48. The summed E-state index contributed by atoms with van der Waals surface area (Å²) < 4.78 is 0. The average molecular weight is 347 g/mol. The van der Waals surface area contributed by atoms with E-state index in [1.807, 2.05) is 44.2 Å². The lowest BCUT2D eigenvalue weighted by atomic mass is 9.96. The first-order valence-corrected chi connectivity index (χ1v) is 8.48. The molecule has 0 saturated carbocycles. The van der Waals surface area contributed by atoms with Crippen LogP contribution in [0.3, 0.4) is 0 Å². The van der Waals surface area contributed by atoms with Gasteiger partial charge in [0.2, 0.25) is 17.7 Å². The summed E-state index contributed by atoms with van der Waals surface area (Å²) in [6, 6.07) is 8.69. The maximum atomic E-state index is 13.2. The van der Waals surface area contributed by atoms with Crippen molar-refractivity contribution < 1.29 is 14.4 Å². The van der Waals surface area contributed by atoms with Crippen molar-refractivity contribution in [3.8, 4) is 0 Å². The fraction of sp³-hybridized carbons (Fsp3) is 0.526. The molecule has 1 aromatic carbocycles. The van der Waals surface area contributed by atoms with Crippen molar-refractivity contribution >= 4 is 17.7 Å². The standard InChI is InChI=1S/C19H29N3O3/c1-13(2)11-16(21-14(3)23)17(24)22(19(4,5)18(20)25)12-15-9-7-6-8-10-15/h6-10,13,16H,11-12H2,1-5H3,(H2,20,25)(H,21,23). The Hall–Kier alpha value is -2.37. The van der Waals surface area contributed by atoms with Gasteiger partial charge in [-0.2, -0.15) is 0 Å². The number of benzene rings is 1. The molecule has 1 aromatic rings. The highest BCUT2D eigenvalue weighted by Crippen LogP contribution is 2.21. The van der Waals surface area contributed by atoms with E-state index in [-0.39, 0.29) is 24.3 Å². The zero-order valence-corrected chi connectivity index (χ0v) is 15.7. The predicted octanol–water partition coefficient (Wildman–Crippen LogP) is 1.83. The number of carbonyl (C=O) groups is 3. The molecule has 6 nitrogen and oxygen atoms in total. The predicted molar refractivity (Wildman–Crippen MR) is 97.3 cm³/mol. The van der Waals surface area contributed by atoms with Crippen molar-refractivity contribution in [2.75, 3.05) is 0 Å². The van der Waals surface area contributed by atoms with Gasteiger partial charge in [0.25, 0.3) is 0 Å². The minimum atomic E-state index is -1.18.